The van der Waals surface area contributed by atoms with Crippen molar-refractivity contribution in [3.63, 3.8) is 0 Å². The maximum Gasteiger partial charge on any atom is 0.484 e. The highest BCUT2D eigenvalue weighted by molar-refractivity contribution is 7.11. The summed E-state index contributed by atoms with van der Waals surface area (Å²) in [5, 5.41) is 2.52. The fourth-order valence-corrected chi connectivity index (χ4v) is 3.36. The molecule has 2 rings (SSSR count). The van der Waals surface area contributed by atoms with Crippen molar-refractivity contribution in [3.8, 4) is 11.1 Å². The van der Waals surface area contributed by atoms with E-state index in [4.69, 9.17) is 15.4 Å². The van der Waals surface area contributed by atoms with Crippen molar-refractivity contribution >= 4 is 45.5 Å². The lowest BCUT2D eigenvalue weighted by Gasteiger charge is -2.12. The quantitative estimate of drug-likeness (QED) is 0.804. The minimum atomic E-state index is -0.324. The molecule has 1 unspecified atom stereocenters. The Hall–Kier alpha value is -0.788. The molecular weight excluding hydrogens is 283 g/mol. The van der Waals surface area contributed by atoms with Gasteiger partial charge in [-0.3, -0.25) is 4.79 Å². The van der Waals surface area contributed by atoms with Crippen molar-refractivity contribution in [1.29, 1.82) is 0 Å². The number of rotatable bonds is 3. The molecule has 0 fully saturated rings. The molecular formula is C13H10AlClO2S. The molecule has 90 valence electrons. The summed E-state index contributed by atoms with van der Waals surface area (Å²) in [7, 11) is 0. The van der Waals surface area contributed by atoms with E-state index in [1.54, 1.807) is 0 Å². The molecule has 0 saturated carbocycles. The highest BCUT2D eigenvalue weighted by Gasteiger charge is 2.22. The number of hydrogen-bond acceptors (Lipinski definition) is 3. The average molecular weight is 293 g/mol. The smallest absolute Gasteiger partial charge is 0.484 e. The van der Waals surface area contributed by atoms with E-state index in [2.05, 4.69) is 0 Å². The first kappa shape index (κ1) is 13.6. The summed E-state index contributed by atoms with van der Waals surface area (Å²) in [5.41, 5.74) is 1.94. The summed E-state index contributed by atoms with van der Waals surface area (Å²) in [5.74, 6) is -0.606. The van der Waals surface area contributed by atoms with E-state index in [0.29, 0.717) is 5.02 Å². The molecule has 1 aromatic carbocycles. The standard InChI is InChI=1S/C13H11ClO2S.Al/c1-8(13(15)16)12-11(10(14)7-17-12)9-5-3-2-4-6-9;/h2-8H,1H3,(H,15,16);/q;+1/p-1. The topological polar surface area (TPSA) is 26.3 Å². The molecule has 0 bridgehead atoms. The van der Waals surface area contributed by atoms with Gasteiger partial charge < -0.3 is 3.79 Å². The lowest BCUT2D eigenvalue weighted by atomic mass is 10.0. The van der Waals surface area contributed by atoms with E-state index in [1.807, 2.05) is 59.3 Å². The number of carbonyl (C=O) groups excluding carboxylic acids is 1. The Kier molecular flexibility index (Phi) is 4.47. The molecule has 0 saturated heterocycles. The molecule has 1 atom stereocenters. The van der Waals surface area contributed by atoms with Crippen molar-refractivity contribution in [3.05, 3.63) is 45.6 Å². The predicted molar refractivity (Wildman–Crippen MR) is 75.0 cm³/mol. The molecule has 0 spiro atoms. The molecule has 1 heterocycles. The predicted octanol–water partition coefficient (Wildman–Crippen LogP) is 3.80. The third kappa shape index (κ3) is 2.63. The average Bonchev–Trinajstić information content (AvgIpc) is 2.79. The van der Waals surface area contributed by atoms with E-state index in [-0.39, 0.29) is 11.9 Å². The number of halogens is 1. The number of thiophene rings is 1. The Morgan fingerprint density at radius 2 is 2.06 bits per heavy atom. The molecule has 0 aliphatic carbocycles. The van der Waals surface area contributed by atoms with E-state index < -0.39 is 0 Å². The van der Waals surface area contributed by atoms with Crippen LogP contribution in [-0.4, -0.2) is 22.6 Å². The van der Waals surface area contributed by atoms with E-state index in [1.165, 1.54) is 11.3 Å². The van der Waals surface area contributed by atoms with Gasteiger partial charge in [0.15, 0.2) is 0 Å². The van der Waals surface area contributed by atoms with Gasteiger partial charge in [-0.15, -0.1) is 11.3 Å². The van der Waals surface area contributed by atoms with Crippen LogP contribution in [0.15, 0.2) is 35.7 Å². The van der Waals surface area contributed by atoms with Crippen LogP contribution in [0.4, 0.5) is 0 Å². The highest BCUT2D eigenvalue weighted by Crippen LogP contribution is 2.40. The molecule has 0 aliphatic heterocycles. The van der Waals surface area contributed by atoms with Crippen LogP contribution >= 0.6 is 22.9 Å². The van der Waals surface area contributed by atoms with Crippen molar-refractivity contribution in [2.75, 3.05) is 0 Å². The molecule has 2 nitrogen and oxygen atoms in total. The second-order valence-corrected chi connectivity index (χ2v) is 5.40. The van der Waals surface area contributed by atoms with Gasteiger partial charge in [-0.05, 0) is 12.5 Å². The van der Waals surface area contributed by atoms with Gasteiger partial charge in [-0.2, -0.15) is 0 Å². The fourth-order valence-electron chi connectivity index (χ4n) is 1.76. The van der Waals surface area contributed by atoms with Crippen LogP contribution < -0.4 is 0 Å². The molecule has 5 heteroatoms. The third-order valence-corrected chi connectivity index (χ3v) is 4.52. The lowest BCUT2D eigenvalue weighted by molar-refractivity contribution is -0.135. The van der Waals surface area contributed by atoms with Gasteiger partial charge in [-0.1, -0.05) is 41.9 Å². The molecule has 1 aromatic heterocycles. The summed E-state index contributed by atoms with van der Waals surface area (Å²) < 4.78 is 4.71. The minimum Gasteiger partial charge on any atom is -0.628 e. The fraction of sp³-hybridized carbons (Fsp3) is 0.154. The third-order valence-electron chi connectivity index (χ3n) is 2.70. The van der Waals surface area contributed by atoms with Crippen LogP contribution in [0.3, 0.4) is 0 Å². The molecule has 0 N–H and O–H groups in total. The molecule has 2 radical (unpaired) electrons. The van der Waals surface area contributed by atoms with Crippen molar-refractivity contribution < 1.29 is 8.58 Å². The van der Waals surface area contributed by atoms with E-state index in [0.717, 1.165) is 16.0 Å². The van der Waals surface area contributed by atoms with Crippen molar-refractivity contribution in [2.24, 2.45) is 0 Å². The first-order valence-electron chi connectivity index (χ1n) is 5.38. The lowest BCUT2D eigenvalue weighted by Crippen LogP contribution is -2.10. The summed E-state index contributed by atoms with van der Waals surface area (Å²) >= 11 is 9.69. The zero-order valence-electron chi connectivity index (χ0n) is 9.72. The van der Waals surface area contributed by atoms with Crippen LogP contribution in [-0.2, 0) is 8.58 Å². The zero-order valence-corrected chi connectivity index (χ0v) is 12.4. The maximum atomic E-state index is 11.6. The maximum absolute atomic E-state index is 11.6. The van der Waals surface area contributed by atoms with Crippen LogP contribution in [0.2, 0.25) is 5.02 Å². The van der Waals surface area contributed by atoms with Gasteiger partial charge >= 0.3 is 16.6 Å². The van der Waals surface area contributed by atoms with Crippen molar-refractivity contribution in [2.45, 2.75) is 12.8 Å². The summed E-state index contributed by atoms with van der Waals surface area (Å²) in [6, 6.07) is 9.81. The summed E-state index contributed by atoms with van der Waals surface area (Å²) in [4.78, 5) is 12.6. The van der Waals surface area contributed by atoms with Gasteiger partial charge in [-0.25, -0.2) is 0 Å². The first-order chi connectivity index (χ1) is 8.65. The van der Waals surface area contributed by atoms with Crippen molar-refractivity contribution in [1.82, 2.24) is 0 Å². The zero-order chi connectivity index (χ0) is 13.1. The Morgan fingerprint density at radius 3 is 2.67 bits per heavy atom. The van der Waals surface area contributed by atoms with E-state index in [9.17, 15) is 4.79 Å². The number of carbonyl (C=O) groups is 1. The monoisotopic (exact) mass is 292 g/mol. The molecule has 2 aromatic rings. The van der Waals surface area contributed by atoms with Gasteiger partial charge in [0.1, 0.15) is 0 Å². The van der Waals surface area contributed by atoms with E-state index >= 15 is 0 Å². The Labute approximate surface area is 123 Å². The Balaban J connectivity index is 2.49. The Morgan fingerprint density at radius 1 is 1.39 bits per heavy atom. The summed E-state index contributed by atoms with van der Waals surface area (Å²) in [6.07, 6.45) is 0. The van der Waals surface area contributed by atoms with Crippen LogP contribution in [0, 0.1) is 0 Å². The van der Waals surface area contributed by atoms with Crippen LogP contribution in [0.25, 0.3) is 11.1 Å². The van der Waals surface area contributed by atoms with Gasteiger partial charge in [0.2, 0.25) is 0 Å². The second-order valence-electron chi connectivity index (χ2n) is 3.85. The minimum absolute atomic E-state index is 0.282. The Bertz CT molecular complexity index is 553. The number of benzene rings is 1. The molecule has 0 aliphatic rings. The number of hydrogen-bond donors (Lipinski definition) is 0. The highest BCUT2D eigenvalue weighted by atomic mass is 35.5. The van der Waals surface area contributed by atoms with Gasteiger partial charge in [0.25, 0.3) is 5.97 Å². The SMILES string of the molecule is CC(C(=O)[O][Al])c1scc(Cl)c1-c1ccccc1. The van der Waals surface area contributed by atoms with Crippen LogP contribution in [0.5, 0.6) is 0 Å². The van der Waals surface area contributed by atoms with Crippen LogP contribution in [0.1, 0.15) is 17.7 Å². The van der Waals surface area contributed by atoms with Gasteiger partial charge in [0.05, 0.1) is 10.9 Å². The van der Waals surface area contributed by atoms with Gasteiger partial charge in [0, 0.05) is 15.8 Å². The second kappa shape index (κ2) is 5.90. The summed E-state index contributed by atoms with van der Waals surface area (Å²) in [6.45, 7) is 1.82. The first-order valence-corrected chi connectivity index (χ1v) is 7.11. The largest absolute Gasteiger partial charge is 0.628 e. The molecule has 18 heavy (non-hydrogen) atoms. The molecule has 0 amide bonds. The normalized spacial score (nSPS) is 12.1.